The lowest BCUT2D eigenvalue weighted by Crippen LogP contribution is -2.28. The Morgan fingerprint density at radius 1 is 1.26 bits per heavy atom. The van der Waals surface area contributed by atoms with Gasteiger partial charge in [0.1, 0.15) is 5.75 Å². The molecule has 1 N–H and O–H groups in total. The summed E-state index contributed by atoms with van der Waals surface area (Å²) < 4.78 is 5.36. The fraction of sp³-hybridized carbons (Fsp3) is 0.333. The number of nitrogens with zero attached hydrogens (tertiary/aromatic N) is 1. The number of benzene rings is 1. The summed E-state index contributed by atoms with van der Waals surface area (Å²) in [6.45, 7) is 4.35. The predicted molar refractivity (Wildman–Crippen MR) is 95.0 cm³/mol. The molecule has 0 aliphatic heterocycles. The second-order valence-electron chi connectivity index (χ2n) is 5.09. The topological polar surface area (TPSA) is 51.2 Å². The van der Waals surface area contributed by atoms with Crippen LogP contribution < -0.4 is 10.1 Å². The summed E-state index contributed by atoms with van der Waals surface area (Å²) in [5.74, 6) is 0.419. The minimum atomic E-state index is -0.272. The number of thiazole rings is 1. The molecule has 4 nitrogen and oxygen atoms in total. The summed E-state index contributed by atoms with van der Waals surface area (Å²) >= 11 is 19.3. The Hall–Kier alpha value is -1.01. The van der Waals surface area contributed by atoms with Crippen molar-refractivity contribution in [2.24, 2.45) is 0 Å². The molecule has 0 fully saturated rings. The fourth-order valence-corrected chi connectivity index (χ4v) is 3.09. The zero-order valence-electron chi connectivity index (χ0n) is 12.5. The van der Waals surface area contributed by atoms with Crippen LogP contribution in [0.4, 0.5) is 0 Å². The number of carbonyl (C=O) groups is 1. The van der Waals surface area contributed by atoms with Crippen molar-refractivity contribution >= 4 is 52.0 Å². The SMILES string of the molecule is CC(C)c1nc(CNC(=O)COc2cc(Cl)c(Cl)cc2Cl)cs1. The van der Waals surface area contributed by atoms with Gasteiger partial charge in [0.05, 0.1) is 32.3 Å². The number of aromatic nitrogens is 1. The Kier molecular flexibility index (Phi) is 6.53. The van der Waals surface area contributed by atoms with Gasteiger partial charge >= 0.3 is 0 Å². The van der Waals surface area contributed by atoms with Crippen LogP contribution in [0.2, 0.25) is 15.1 Å². The van der Waals surface area contributed by atoms with Gasteiger partial charge in [-0.2, -0.15) is 0 Å². The van der Waals surface area contributed by atoms with E-state index in [4.69, 9.17) is 39.5 Å². The maximum atomic E-state index is 11.8. The smallest absolute Gasteiger partial charge is 0.258 e. The first-order valence-corrected chi connectivity index (χ1v) is 8.86. The maximum Gasteiger partial charge on any atom is 0.258 e. The molecule has 1 aromatic carbocycles. The molecular weight excluding hydrogens is 379 g/mol. The Morgan fingerprint density at radius 3 is 2.61 bits per heavy atom. The van der Waals surface area contributed by atoms with Crippen molar-refractivity contribution in [3.63, 3.8) is 0 Å². The van der Waals surface area contributed by atoms with Crippen LogP contribution in [-0.4, -0.2) is 17.5 Å². The third kappa shape index (κ3) is 5.24. The minimum absolute atomic E-state index is 0.168. The molecule has 0 saturated heterocycles. The first-order valence-electron chi connectivity index (χ1n) is 6.85. The molecule has 2 rings (SSSR count). The molecule has 0 aliphatic rings. The van der Waals surface area contributed by atoms with E-state index >= 15 is 0 Å². The number of nitrogens with one attached hydrogen (secondary N) is 1. The van der Waals surface area contributed by atoms with Crippen molar-refractivity contribution in [1.82, 2.24) is 10.3 Å². The zero-order chi connectivity index (χ0) is 17.0. The highest BCUT2D eigenvalue weighted by atomic mass is 35.5. The lowest BCUT2D eigenvalue weighted by molar-refractivity contribution is -0.123. The van der Waals surface area contributed by atoms with Crippen LogP contribution in [0.15, 0.2) is 17.5 Å². The van der Waals surface area contributed by atoms with Crippen LogP contribution in [-0.2, 0) is 11.3 Å². The zero-order valence-corrected chi connectivity index (χ0v) is 15.6. The molecule has 8 heteroatoms. The highest BCUT2D eigenvalue weighted by Gasteiger charge is 2.10. The summed E-state index contributed by atoms with van der Waals surface area (Å²) in [5, 5.41) is 6.68. The lowest BCUT2D eigenvalue weighted by Gasteiger charge is -2.09. The number of hydrogen-bond acceptors (Lipinski definition) is 4. The van der Waals surface area contributed by atoms with Crippen molar-refractivity contribution in [2.75, 3.05) is 6.61 Å². The van der Waals surface area contributed by atoms with Gasteiger partial charge in [0.25, 0.3) is 5.91 Å². The minimum Gasteiger partial charge on any atom is -0.482 e. The number of carbonyl (C=O) groups excluding carboxylic acids is 1. The van der Waals surface area contributed by atoms with E-state index in [1.807, 2.05) is 5.38 Å². The first kappa shape index (κ1) is 18.3. The average molecular weight is 394 g/mol. The van der Waals surface area contributed by atoms with Gasteiger partial charge in [-0.1, -0.05) is 48.7 Å². The summed E-state index contributed by atoms with van der Waals surface area (Å²) in [6.07, 6.45) is 0. The van der Waals surface area contributed by atoms with E-state index in [1.54, 1.807) is 11.3 Å². The molecule has 0 atom stereocenters. The van der Waals surface area contributed by atoms with Crippen LogP contribution in [0.1, 0.15) is 30.5 Å². The normalized spacial score (nSPS) is 10.9. The summed E-state index contributed by atoms with van der Waals surface area (Å²) in [5.41, 5.74) is 0.833. The molecule has 0 radical (unpaired) electrons. The number of amides is 1. The fourth-order valence-electron chi connectivity index (χ4n) is 1.67. The van der Waals surface area contributed by atoms with E-state index in [1.165, 1.54) is 12.1 Å². The van der Waals surface area contributed by atoms with Gasteiger partial charge in [0.2, 0.25) is 0 Å². The highest BCUT2D eigenvalue weighted by molar-refractivity contribution is 7.09. The van der Waals surface area contributed by atoms with E-state index < -0.39 is 0 Å². The highest BCUT2D eigenvalue weighted by Crippen LogP contribution is 2.33. The molecule has 0 aliphatic carbocycles. The summed E-state index contributed by atoms with van der Waals surface area (Å²) in [7, 11) is 0. The van der Waals surface area contributed by atoms with Gasteiger partial charge in [0, 0.05) is 17.4 Å². The third-order valence-corrected chi connectivity index (χ3v) is 5.08. The molecule has 124 valence electrons. The Labute approximate surface area is 153 Å². The quantitative estimate of drug-likeness (QED) is 0.709. The van der Waals surface area contributed by atoms with E-state index in [0.717, 1.165) is 10.7 Å². The monoisotopic (exact) mass is 392 g/mol. The average Bonchev–Trinajstić information content (AvgIpc) is 2.96. The molecule has 1 heterocycles. The molecule has 23 heavy (non-hydrogen) atoms. The maximum absolute atomic E-state index is 11.8. The van der Waals surface area contributed by atoms with E-state index in [9.17, 15) is 4.79 Å². The van der Waals surface area contributed by atoms with Crippen LogP contribution in [0.25, 0.3) is 0 Å². The van der Waals surface area contributed by atoms with Gasteiger partial charge < -0.3 is 10.1 Å². The van der Waals surface area contributed by atoms with Crippen molar-refractivity contribution in [3.8, 4) is 5.75 Å². The van der Waals surface area contributed by atoms with E-state index in [0.29, 0.717) is 33.3 Å². The molecule has 1 amide bonds. The first-order chi connectivity index (χ1) is 10.9. The molecule has 0 unspecified atom stereocenters. The Morgan fingerprint density at radius 2 is 1.96 bits per heavy atom. The number of ether oxygens (including phenoxy) is 1. The molecular formula is C15H15Cl3N2O2S. The second kappa shape index (κ2) is 8.20. The van der Waals surface area contributed by atoms with Gasteiger partial charge in [-0.15, -0.1) is 11.3 Å². The van der Waals surface area contributed by atoms with Gasteiger partial charge in [-0.25, -0.2) is 4.98 Å². The van der Waals surface area contributed by atoms with Crippen molar-refractivity contribution in [3.05, 3.63) is 43.3 Å². The summed E-state index contributed by atoms with van der Waals surface area (Å²) in [4.78, 5) is 16.3. The number of hydrogen-bond donors (Lipinski definition) is 1. The standard InChI is InChI=1S/C15H15Cl3N2O2S/c1-8(2)15-20-9(7-23-15)5-19-14(21)6-22-13-4-11(17)10(16)3-12(13)18/h3-4,7-8H,5-6H2,1-2H3,(H,19,21). The molecule has 1 aromatic heterocycles. The molecule has 0 spiro atoms. The number of rotatable bonds is 6. The Bertz CT molecular complexity index is 704. The van der Waals surface area contributed by atoms with E-state index in [2.05, 4.69) is 24.1 Å². The third-order valence-electron chi connectivity index (χ3n) is 2.86. The van der Waals surface area contributed by atoms with Gasteiger partial charge in [0.15, 0.2) is 6.61 Å². The Balaban J connectivity index is 1.84. The van der Waals surface area contributed by atoms with Crippen LogP contribution in [0, 0.1) is 0 Å². The predicted octanol–water partition coefficient (Wildman–Crippen LogP) is 4.92. The lowest BCUT2D eigenvalue weighted by atomic mass is 10.2. The second-order valence-corrected chi connectivity index (χ2v) is 7.21. The van der Waals surface area contributed by atoms with Crippen molar-refractivity contribution in [2.45, 2.75) is 26.3 Å². The largest absolute Gasteiger partial charge is 0.482 e. The number of halogens is 3. The molecule has 2 aromatic rings. The molecule has 0 saturated carbocycles. The van der Waals surface area contributed by atoms with Gasteiger partial charge in [-0.3, -0.25) is 4.79 Å². The van der Waals surface area contributed by atoms with Crippen LogP contribution in [0.3, 0.4) is 0 Å². The van der Waals surface area contributed by atoms with Crippen LogP contribution in [0.5, 0.6) is 5.75 Å². The van der Waals surface area contributed by atoms with Crippen molar-refractivity contribution < 1.29 is 9.53 Å². The molecule has 0 bridgehead atoms. The van der Waals surface area contributed by atoms with Crippen LogP contribution >= 0.6 is 46.1 Å². The van der Waals surface area contributed by atoms with Crippen molar-refractivity contribution in [1.29, 1.82) is 0 Å². The summed E-state index contributed by atoms with van der Waals surface area (Å²) in [6, 6.07) is 2.95. The van der Waals surface area contributed by atoms with E-state index in [-0.39, 0.29) is 12.5 Å². The van der Waals surface area contributed by atoms with Gasteiger partial charge in [-0.05, 0) is 6.07 Å².